The van der Waals surface area contributed by atoms with Crippen molar-refractivity contribution in [3.05, 3.63) is 23.4 Å². The number of aromatic nitrogens is 1. The Balaban J connectivity index is 2.36. The van der Waals surface area contributed by atoms with E-state index in [0.29, 0.717) is 6.54 Å². The molecule has 0 radical (unpaired) electrons. The van der Waals surface area contributed by atoms with Crippen molar-refractivity contribution in [2.24, 2.45) is 5.73 Å². The molecule has 1 aliphatic rings. The van der Waals surface area contributed by atoms with E-state index in [1.807, 2.05) is 0 Å². The van der Waals surface area contributed by atoms with Crippen molar-refractivity contribution < 1.29 is 4.74 Å². The van der Waals surface area contributed by atoms with Gasteiger partial charge < -0.3 is 15.4 Å². The Hall–Kier alpha value is -1.13. The van der Waals surface area contributed by atoms with Crippen LogP contribution in [-0.4, -0.2) is 30.3 Å². The maximum atomic E-state index is 5.84. The summed E-state index contributed by atoms with van der Waals surface area (Å²) in [6.07, 6.45) is 0. The van der Waals surface area contributed by atoms with Crippen LogP contribution in [0.2, 0.25) is 0 Å². The van der Waals surface area contributed by atoms with Crippen LogP contribution in [0.5, 0.6) is 0 Å². The zero-order chi connectivity index (χ0) is 15.0. The van der Waals surface area contributed by atoms with E-state index < -0.39 is 0 Å². The molecule has 112 valence electrons. The summed E-state index contributed by atoms with van der Waals surface area (Å²) in [6, 6.07) is 4.23. The Morgan fingerprint density at radius 3 is 2.60 bits per heavy atom. The first kappa shape index (κ1) is 15.3. The standard InChI is InChI=1S/C16H27N3O/c1-15(2,3)13-8-12(10-17)9-14(18-13)19-6-7-20-16(4,5)11-19/h8-9H,6-7,10-11,17H2,1-5H3. The minimum Gasteiger partial charge on any atom is -0.372 e. The molecule has 0 spiro atoms. The number of ether oxygens (including phenoxy) is 1. The lowest BCUT2D eigenvalue weighted by molar-refractivity contribution is -0.0279. The molecular formula is C16H27N3O. The molecule has 1 saturated heterocycles. The minimum atomic E-state index is -0.124. The van der Waals surface area contributed by atoms with Crippen molar-refractivity contribution in [3.8, 4) is 0 Å². The summed E-state index contributed by atoms with van der Waals surface area (Å²) in [5, 5.41) is 0. The molecule has 0 aliphatic carbocycles. The molecule has 0 saturated carbocycles. The van der Waals surface area contributed by atoms with E-state index in [2.05, 4.69) is 51.7 Å². The highest BCUT2D eigenvalue weighted by atomic mass is 16.5. The Bertz CT molecular complexity index is 477. The second-order valence-electron chi connectivity index (χ2n) is 7.20. The van der Waals surface area contributed by atoms with Crippen LogP contribution < -0.4 is 10.6 Å². The van der Waals surface area contributed by atoms with Crippen molar-refractivity contribution in [3.63, 3.8) is 0 Å². The monoisotopic (exact) mass is 277 g/mol. The number of hydrogen-bond acceptors (Lipinski definition) is 4. The summed E-state index contributed by atoms with van der Waals surface area (Å²) in [5.74, 6) is 1.02. The predicted molar refractivity (Wildman–Crippen MR) is 83.1 cm³/mol. The van der Waals surface area contributed by atoms with Crippen molar-refractivity contribution in [1.82, 2.24) is 4.98 Å². The fourth-order valence-electron chi connectivity index (χ4n) is 2.45. The molecule has 2 heterocycles. The number of pyridine rings is 1. The zero-order valence-electron chi connectivity index (χ0n) is 13.4. The van der Waals surface area contributed by atoms with Gasteiger partial charge in [0.2, 0.25) is 0 Å². The van der Waals surface area contributed by atoms with Crippen LogP contribution >= 0.6 is 0 Å². The van der Waals surface area contributed by atoms with Crippen molar-refractivity contribution in [1.29, 1.82) is 0 Å². The maximum absolute atomic E-state index is 5.84. The number of anilines is 1. The van der Waals surface area contributed by atoms with Gasteiger partial charge in [0, 0.05) is 30.7 Å². The summed E-state index contributed by atoms with van der Waals surface area (Å²) in [4.78, 5) is 7.16. The van der Waals surface area contributed by atoms with Gasteiger partial charge in [-0.3, -0.25) is 0 Å². The highest BCUT2D eigenvalue weighted by Gasteiger charge is 2.28. The summed E-state index contributed by atoms with van der Waals surface area (Å²) >= 11 is 0. The molecule has 0 aromatic carbocycles. The molecule has 4 nitrogen and oxygen atoms in total. The lowest BCUT2D eigenvalue weighted by atomic mass is 9.90. The van der Waals surface area contributed by atoms with Crippen molar-refractivity contribution in [2.45, 2.75) is 52.2 Å². The normalized spacial score (nSPS) is 19.2. The van der Waals surface area contributed by atoms with E-state index in [1.165, 1.54) is 0 Å². The number of morpholine rings is 1. The number of nitrogens with two attached hydrogens (primary N) is 1. The molecule has 2 rings (SSSR count). The van der Waals surface area contributed by atoms with Crippen LogP contribution in [-0.2, 0) is 16.7 Å². The van der Waals surface area contributed by atoms with Crippen LogP contribution in [0.15, 0.2) is 12.1 Å². The van der Waals surface area contributed by atoms with Gasteiger partial charge in [-0.05, 0) is 31.5 Å². The topological polar surface area (TPSA) is 51.4 Å². The van der Waals surface area contributed by atoms with Crippen LogP contribution in [0.1, 0.15) is 45.9 Å². The number of nitrogens with zero attached hydrogens (tertiary/aromatic N) is 2. The Morgan fingerprint density at radius 1 is 1.35 bits per heavy atom. The molecule has 0 bridgehead atoms. The van der Waals surface area contributed by atoms with Crippen LogP contribution in [0.3, 0.4) is 0 Å². The lowest BCUT2D eigenvalue weighted by Gasteiger charge is -2.39. The van der Waals surface area contributed by atoms with E-state index in [4.69, 9.17) is 15.5 Å². The Kier molecular flexibility index (Phi) is 4.07. The molecule has 1 aliphatic heterocycles. The third-order valence-corrected chi connectivity index (χ3v) is 3.63. The van der Waals surface area contributed by atoms with Gasteiger partial charge in [-0.2, -0.15) is 0 Å². The first-order valence-corrected chi connectivity index (χ1v) is 7.32. The van der Waals surface area contributed by atoms with Gasteiger partial charge in [0.25, 0.3) is 0 Å². The van der Waals surface area contributed by atoms with E-state index in [1.54, 1.807) is 0 Å². The first-order chi connectivity index (χ1) is 9.21. The minimum absolute atomic E-state index is 0.0295. The highest BCUT2D eigenvalue weighted by molar-refractivity contribution is 5.44. The largest absolute Gasteiger partial charge is 0.372 e. The average molecular weight is 277 g/mol. The second kappa shape index (κ2) is 5.34. The van der Waals surface area contributed by atoms with E-state index in [-0.39, 0.29) is 11.0 Å². The first-order valence-electron chi connectivity index (χ1n) is 7.32. The van der Waals surface area contributed by atoms with Gasteiger partial charge >= 0.3 is 0 Å². The van der Waals surface area contributed by atoms with E-state index in [0.717, 1.165) is 36.8 Å². The van der Waals surface area contributed by atoms with Crippen molar-refractivity contribution in [2.75, 3.05) is 24.6 Å². The summed E-state index contributed by atoms with van der Waals surface area (Å²) in [7, 11) is 0. The zero-order valence-corrected chi connectivity index (χ0v) is 13.4. The average Bonchev–Trinajstić information content (AvgIpc) is 2.36. The van der Waals surface area contributed by atoms with Crippen LogP contribution in [0, 0.1) is 0 Å². The molecule has 1 fully saturated rings. The molecule has 0 amide bonds. The summed E-state index contributed by atoms with van der Waals surface area (Å²) in [5.41, 5.74) is 7.99. The van der Waals surface area contributed by atoms with Gasteiger partial charge in [-0.15, -0.1) is 0 Å². The SMILES string of the molecule is CC1(C)CN(c2cc(CN)cc(C(C)(C)C)n2)CCO1. The van der Waals surface area contributed by atoms with Crippen LogP contribution in [0.4, 0.5) is 5.82 Å². The third-order valence-electron chi connectivity index (χ3n) is 3.63. The smallest absolute Gasteiger partial charge is 0.129 e. The number of rotatable bonds is 2. The third kappa shape index (κ3) is 3.49. The summed E-state index contributed by atoms with van der Waals surface area (Å²) in [6.45, 7) is 13.8. The molecule has 1 aromatic rings. The predicted octanol–water partition coefficient (Wildman–Crippen LogP) is 2.45. The highest BCUT2D eigenvalue weighted by Crippen LogP contribution is 2.27. The maximum Gasteiger partial charge on any atom is 0.129 e. The Morgan fingerprint density at radius 2 is 2.05 bits per heavy atom. The van der Waals surface area contributed by atoms with Crippen LogP contribution in [0.25, 0.3) is 0 Å². The quantitative estimate of drug-likeness (QED) is 0.902. The number of hydrogen-bond donors (Lipinski definition) is 1. The molecule has 1 aromatic heterocycles. The van der Waals surface area contributed by atoms with E-state index >= 15 is 0 Å². The molecule has 0 unspecified atom stereocenters. The molecular weight excluding hydrogens is 250 g/mol. The fraction of sp³-hybridized carbons (Fsp3) is 0.688. The van der Waals surface area contributed by atoms with Gasteiger partial charge in [0.15, 0.2) is 0 Å². The second-order valence-corrected chi connectivity index (χ2v) is 7.20. The Labute approximate surface area is 122 Å². The molecule has 0 atom stereocenters. The van der Waals surface area contributed by atoms with Gasteiger partial charge in [0.05, 0.1) is 12.2 Å². The van der Waals surface area contributed by atoms with Crippen molar-refractivity contribution >= 4 is 5.82 Å². The fourth-order valence-corrected chi connectivity index (χ4v) is 2.45. The van der Waals surface area contributed by atoms with Gasteiger partial charge in [-0.1, -0.05) is 20.8 Å². The van der Waals surface area contributed by atoms with Gasteiger partial charge in [0.1, 0.15) is 5.82 Å². The van der Waals surface area contributed by atoms with E-state index in [9.17, 15) is 0 Å². The molecule has 20 heavy (non-hydrogen) atoms. The molecule has 2 N–H and O–H groups in total. The van der Waals surface area contributed by atoms with Gasteiger partial charge in [-0.25, -0.2) is 4.98 Å². The summed E-state index contributed by atoms with van der Waals surface area (Å²) < 4.78 is 5.78. The molecule has 4 heteroatoms. The lowest BCUT2D eigenvalue weighted by Crippen LogP contribution is -2.48.